The third kappa shape index (κ3) is 2.14. The first kappa shape index (κ1) is 13.8. The van der Waals surface area contributed by atoms with Crippen molar-refractivity contribution in [3.8, 4) is 5.75 Å². The summed E-state index contributed by atoms with van der Waals surface area (Å²) in [4.78, 5) is 25.9. The normalized spacial score (nSPS) is 17.8. The Bertz CT molecular complexity index is 815. The summed E-state index contributed by atoms with van der Waals surface area (Å²) in [7, 11) is 0. The highest BCUT2D eigenvalue weighted by Crippen LogP contribution is 2.33. The number of para-hydroxylation sites is 1. The summed E-state index contributed by atoms with van der Waals surface area (Å²) in [6.45, 7) is 0.362. The minimum absolute atomic E-state index is 0.0184. The third-order valence-electron chi connectivity index (χ3n) is 4.06. The maximum absolute atomic E-state index is 13.7. The zero-order valence-corrected chi connectivity index (χ0v) is 12.1. The summed E-state index contributed by atoms with van der Waals surface area (Å²) >= 11 is 0. The van der Waals surface area contributed by atoms with Gasteiger partial charge in [-0.25, -0.2) is 4.39 Å². The molecule has 0 aromatic heterocycles. The molecule has 1 saturated heterocycles. The van der Waals surface area contributed by atoms with Crippen LogP contribution in [-0.2, 0) is 0 Å². The van der Waals surface area contributed by atoms with Gasteiger partial charge in [-0.15, -0.1) is 0 Å². The maximum Gasteiger partial charge on any atom is 0.258 e. The van der Waals surface area contributed by atoms with Crippen LogP contribution in [0.3, 0.4) is 0 Å². The van der Waals surface area contributed by atoms with E-state index in [4.69, 9.17) is 4.74 Å². The predicted octanol–water partition coefficient (Wildman–Crippen LogP) is 1.80. The van der Waals surface area contributed by atoms with Crippen molar-refractivity contribution in [2.45, 2.75) is 5.72 Å². The molecule has 0 saturated carbocycles. The van der Waals surface area contributed by atoms with E-state index >= 15 is 0 Å². The second-order valence-electron chi connectivity index (χ2n) is 5.69. The Hall–Kier alpha value is -2.89. The number of nitrogens with one attached hydrogen (secondary N) is 1. The lowest BCUT2D eigenvalue weighted by molar-refractivity contribution is -0.0830. The molecular weight excluding hydrogens is 299 g/mol. The van der Waals surface area contributed by atoms with E-state index in [2.05, 4.69) is 5.32 Å². The molecule has 116 valence electrons. The maximum atomic E-state index is 13.7. The highest BCUT2D eigenvalue weighted by atomic mass is 19.1. The van der Waals surface area contributed by atoms with Gasteiger partial charge in [0.1, 0.15) is 11.6 Å². The molecule has 2 aromatic rings. The number of amides is 2. The molecule has 1 N–H and O–H groups in total. The fraction of sp³-hybridized carbons (Fsp3) is 0.176. The van der Waals surface area contributed by atoms with E-state index in [1.54, 1.807) is 30.3 Å². The molecule has 4 rings (SSSR count). The van der Waals surface area contributed by atoms with Gasteiger partial charge in [-0.3, -0.25) is 9.59 Å². The van der Waals surface area contributed by atoms with Gasteiger partial charge in [-0.05, 0) is 24.3 Å². The number of hydrogen-bond donors (Lipinski definition) is 1. The van der Waals surface area contributed by atoms with Gasteiger partial charge in [0.05, 0.1) is 24.2 Å². The zero-order valence-electron chi connectivity index (χ0n) is 12.1. The minimum Gasteiger partial charge on any atom is -0.463 e. The Labute approximate surface area is 131 Å². The molecule has 0 radical (unpaired) electrons. The summed E-state index contributed by atoms with van der Waals surface area (Å²) in [5.41, 5.74) is -0.436. The Balaban J connectivity index is 1.53. The minimum atomic E-state index is -0.924. The van der Waals surface area contributed by atoms with Crippen LogP contribution in [0, 0.1) is 5.82 Å². The molecular formula is C17H13FN2O3. The number of nitrogens with zero attached hydrogens (tertiary/aromatic N) is 1. The summed E-state index contributed by atoms with van der Waals surface area (Å²) in [5.74, 6) is -0.707. The van der Waals surface area contributed by atoms with Crippen molar-refractivity contribution in [2.24, 2.45) is 0 Å². The summed E-state index contributed by atoms with van der Waals surface area (Å²) in [6.07, 6.45) is 0. The first-order chi connectivity index (χ1) is 11.1. The van der Waals surface area contributed by atoms with Crippen LogP contribution in [0.15, 0.2) is 48.5 Å². The van der Waals surface area contributed by atoms with Crippen LogP contribution in [-0.4, -0.2) is 35.5 Å². The van der Waals surface area contributed by atoms with E-state index in [1.807, 2.05) is 0 Å². The van der Waals surface area contributed by atoms with Gasteiger partial charge in [-0.1, -0.05) is 24.3 Å². The lowest BCUT2D eigenvalue weighted by Gasteiger charge is -2.51. The average molecular weight is 312 g/mol. The highest BCUT2D eigenvalue weighted by molar-refractivity contribution is 5.99. The number of benzene rings is 2. The van der Waals surface area contributed by atoms with E-state index < -0.39 is 17.4 Å². The number of hydrogen-bond acceptors (Lipinski definition) is 3. The van der Waals surface area contributed by atoms with Crippen LogP contribution in [0.2, 0.25) is 0 Å². The van der Waals surface area contributed by atoms with Gasteiger partial charge < -0.3 is 15.0 Å². The molecule has 2 aromatic carbocycles. The molecule has 23 heavy (non-hydrogen) atoms. The monoisotopic (exact) mass is 312 g/mol. The molecule has 0 atom stereocenters. The van der Waals surface area contributed by atoms with Crippen molar-refractivity contribution in [1.82, 2.24) is 10.2 Å². The van der Waals surface area contributed by atoms with Crippen molar-refractivity contribution in [2.75, 3.05) is 13.1 Å². The molecule has 5 nitrogen and oxygen atoms in total. The second-order valence-corrected chi connectivity index (χ2v) is 5.69. The third-order valence-corrected chi connectivity index (χ3v) is 4.06. The zero-order chi connectivity index (χ0) is 16.0. The molecule has 2 heterocycles. The second kappa shape index (κ2) is 4.81. The van der Waals surface area contributed by atoms with E-state index in [0.29, 0.717) is 11.3 Å². The number of likely N-dealkylation sites (tertiary alicyclic amines) is 1. The Morgan fingerprint density at radius 1 is 1.13 bits per heavy atom. The predicted molar refractivity (Wildman–Crippen MR) is 79.6 cm³/mol. The summed E-state index contributed by atoms with van der Waals surface area (Å²) in [6, 6.07) is 12.8. The fourth-order valence-electron chi connectivity index (χ4n) is 2.92. The van der Waals surface area contributed by atoms with E-state index in [0.717, 1.165) is 0 Å². The largest absolute Gasteiger partial charge is 0.463 e. The van der Waals surface area contributed by atoms with Crippen molar-refractivity contribution >= 4 is 11.8 Å². The van der Waals surface area contributed by atoms with Crippen molar-refractivity contribution in [3.63, 3.8) is 0 Å². The molecule has 0 bridgehead atoms. The SMILES string of the molecule is O=C1NC2(CN(C(=O)c3ccccc3F)C2)Oc2ccccc21. The number of fused-ring (bicyclic) bond motifs is 1. The molecule has 0 aliphatic carbocycles. The summed E-state index contributed by atoms with van der Waals surface area (Å²) < 4.78 is 19.6. The molecule has 6 heteroatoms. The van der Waals surface area contributed by atoms with E-state index in [1.165, 1.54) is 23.1 Å². The van der Waals surface area contributed by atoms with Crippen LogP contribution < -0.4 is 10.1 Å². The van der Waals surface area contributed by atoms with Crippen LogP contribution in [0.1, 0.15) is 20.7 Å². The van der Waals surface area contributed by atoms with E-state index in [-0.39, 0.29) is 24.6 Å². The Morgan fingerprint density at radius 2 is 1.83 bits per heavy atom. The van der Waals surface area contributed by atoms with Crippen molar-refractivity contribution in [1.29, 1.82) is 0 Å². The van der Waals surface area contributed by atoms with Crippen molar-refractivity contribution < 1.29 is 18.7 Å². The van der Waals surface area contributed by atoms with Crippen LogP contribution in [0.4, 0.5) is 4.39 Å². The van der Waals surface area contributed by atoms with Gasteiger partial charge in [0.15, 0.2) is 0 Å². The number of carbonyl (C=O) groups is 2. The number of carbonyl (C=O) groups excluding carboxylic acids is 2. The molecule has 1 spiro atoms. The average Bonchev–Trinajstić information content (AvgIpc) is 2.52. The number of halogens is 1. The fourth-order valence-corrected chi connectivity index (χ4v) is 2.92. The van der Waals surface area contributed by atoms with Crippen LogP contribution >= 0.6 is 0 Å². The quantitative estimate of drug-likeness (QED) is 0.873. The lowest BCUT2D eigenvalue weighted by atomic mass is 9.98. The van der Waals surface area contributed by atoms with Crippen molar-refractivity contribution in [3.05, 3.63) is 65.5 Å². The standard InChI is InChI=1S/C17H13FN2O3/c18-13-7-3-1-5-11(13)16(22)20-9-17(10-20)19-15(21)12-6-2-4-8-14(12)23-17/h1-8H,9-10H2,(H,19,21). The van der Waals surface area contributed by atoms with Gasteiger partial charge in [0.2, 0.25) is 5.72 Å². The number of ether oxygens (including phenoxy) is 1. The Kier molecular flexibility index (Phi) is 2.87. The highest BCUT2D eigenvalue weighted by Gasteiger charge is 2.51. The first-order valence-electron chi connectivity index (χ1n) is 7.22. The molecule has 2 aliphatic heterocycles. The Morgan fingerprint density at radius 3 is 2.61 bits per heavy atom. The molecule has 0 unspecified atom stereocenters. The van der Waals surface area contributed by atoms with Gasteiger partial charge in [0, 0.05) is 0 Å². The lowest BCUT2D eigenvalue weighted by Crippen LogP contribution is -2.75. The molecule has 2 amide bonds. The topological polar surface area (TPSA) is 58.6 Å². The summed E-state index contributed by atoms with van der Waals surface area (Å²) in [5, 5.41) is 2.79. The molecule has 2 aliphatic rings. The van der Waals surface area contributed by atoms with E-state index in [9.17, 15) is 14.0 Å². The number of rotatable bonds is 1. The van der Waals surface area contributed by atoms with Gasteiger partial charge in [-0.2, -0.15) is 0 Å². The van der Waals surface area contributed by atoms with Gasteiger partial charge in [0.25, 0.3) is 11.8 Å². The van der Waals surface area contributed by atoms with Crippen LogP contribution in [0.25, 0.3) is 0 Å². The smallest absolute Gasteiger partial charge is 0.258 e. The van der Waals surface area contributed by atoms with Crippen LogP contribution in [0.5, 0.6) is 5.75 Å². The van der Waals surface area contributed by atoms with Gasteiger partial charge >= 0.3 is 0 Å². The molecule has 1 fully saturated rings. The first-order valence-corrected chi connectivity index (χ1v) is 7.22.